The van der Waals surface area contributed by atoms with Crippen LogP contribution in [0.2, 0.25) is 0 Å². The van der Waals surface area contributed by atoms with E-state index in [4.69, 9.17) is 9.97 Å². The Labute approximate surface area is 269 Å². The number of aromatic amines is 2. The van der Waals surface area contributed by atoms with E-state index in [2.05, 4.69) is 126 Å². The van der Waals surface area contributed by atoms with E-state index in [1.165, 1.54) is 0 Å². The average Bonchev–Trinajstić information content (AvgIpc) is 3.90. The second-order valence-electron chi connectivity index (χ2n) is 10.6. The van der Waals surface area contributed by atoms with Gasteiger partial charge in [0, 0.05) is 44.3 Å². The molecule has 7 aromatic heterocycles. The molecule has 0 saturated carbocycles. The Morgan fingerprint density at radius 3 is 0.864 bits per heavy atom. The molecule has 0 aliphatic carbocycles. The van der Waals surface area contributed by atoms with E-state index in [1.54, 1.807) is 45.3 Å². The predicted octanol–water partition coefficient (Wildman–Crippen LogP) is 11.6. The predicted molar refractivity (Wildman–Crippen MR) is 192 cm³/mol. The van der Waals surface area contributed by atoms with Crippen LogP contribution < -0.4 is 0 Å². The molecule has 0 radical (unpaired) electrons. The van der Waals surface area contributed by atoms with Gasteiger partial charge in [-0.05, 0) is 138 Å². The Morgan fingerprint density at radius 2 is 0.636 bits per heavy atom. The van der Waals surface area contributed by atoms with Crippen LogP contribution in [0.3, 0.4) is 0 Å². The first-order valence-corrected chi connectivity index (χ1v) is 17.8. The van der Waals surface area contributed by atoms with E-state index < -0.39 is 0 Å². The monoisotopic (exact) mass is 638 g/mol. The van der Waals surface area contributed by atoms with Gasteiger partial charge in [0.1, 0.15) is 0 Å². The second kappa shape index (κ2) is 10.5. The number of hydrogen-bond acceptors (Lipinski definition) is 6. The quantitative estimate of drug-likeness (QED) is 0.201. The summed E-state index contributed by atoms with van der Waals surface area (Å²) in [5.41, 5.74) is 16.8. The zero-order valence-corrected chi connectivity index (χ0v) is 26.3. The molecule has 2 aliphatic rings. The fourth-order valence-corrected chi connectivity index (χ4v) is 8.63. The summed E-state index contributed by atoms with van der Waals surface area (Å²) in [6.45, 7) is 0. The summed E-state index contributed by atoms with van der Waals surface area (Å²) in [7, 11) is 0. The highest BCUT2D eigenvalue weighted by Gasteiger charge is 2.19. The van der Waals surface area contributed by atoms with Crippen LogP contribution in [0, 0.1) is 0 Å². The van der Waals surface area contributed by atoms with Crippen molar-refractivity contribution in [1.29, 1.82) is 0 Å². The molecular weight excluding hydrogens is 617 g/mol. The first-order valence-electron chi connectivity index (χ1n) is 14.1. The van der Waals surface area contributed by atoms with E-state index in [0.29, 0.717) is 0 Å². The molecule has 0 unspecified atom stereocenters. The van der Waals surface area contributed by atoms with Gasteiger partial charge in [-0.15, -0.1) is 0 Å². The van der Waals surface area contributed by atoms with Crippen LogP contribution in [0.25, 0.3) is 90.9 Å². The van der Waals surface area contributed by atoms with Crippen molar-refractivity contribution in [3.05, 3.63) is 114 Å². The van der Waals surface area contributed by atoms with Gasteiger partial charge in [-0.3, -0.25) is 0 Å². The van der Waals surface area contributed by atoms with Crippen LogP contribution in [0.1, 0.15) is 22.8 Å². The molecule has 8 heteroatoms. The van der Waals surface area contributed by atoms with Gasteiger partial charge in [-0.2, -0.15) is 45.3 Å². The summed E-state index contributed by atoms with van der Waals surface area (Å²) in [6.07, 6.45) is 8.59. The van der Waals surface area contributed by atoms with Gasteiger partial charge in [0.15, 0.2) is 0 Å². The van der Waals surface area contributed by atoms with E-state index in [9.17, 15) is 0 Å². The molecule has 2 N–H and O–H groups in total. The zero-order valence-electron chi connectivity index (χ0n) is 23.1. The van der Waals surface area contributed by atoms with Gasteiger partial charge in [-0.25, -0.2) is 9.97 Å². The first kappa shape index (κ1) is 25.9. The molecule has 0 saturated heterocycles. The Bertz CT molecular complexity index is 2040. The van der Waals surface area contributed by atoms with Crippen LogP contribution in [0.15, 0.2) is 91.6 Å². The fourth-order valence-electron chi connectivity index (χ4n) is 6.05. The van der Waals surface area contributed by atoms with Gasteiger partial charge in [0.05, 0.1) is 22.8 Å². The van der Waals surface area contributed by atoms with Crippen molar-refractivity contribution in [2.75, 3.05) is 0 Å². The Kier molecular flexibility index (Phi) is 6.19. The lowest BCUT2D eigenvalue weighted by molar-refractivity contribution is 1.31. The maximum atomic E-state index is 5.30. The summed E-state index contributed by atoms with van der Waals surface area (Å²) in [4.78, 5) is 18.2. The van der Waals surface area contributed by atoms with Crippen molar-refractivity contribution in [3.63, 3.8) is 0 Å². The van der Waals surface area contributed by atoms with Crippen LogP contribution in [-0.4, -0.2) is 19.9 Å². The molecule has 9 rings (SSSR count). The van der Waals surface area contributed by atoms with E-state index in [1.807, 2.05) is 0 Å². The summed E-state index contributed by atoms with van der Waals surface area (Å²) < 4.78 is 0. The van der Waals surface area contributed by atoms with Gasteiger partial charge >= 0.3 is 0 Å². The number of rotatable bonds is 4. The summed E-state index contributed by atoms with van der Waals surface area (Å²) in [6, 6.07) is 17.4. The molecule has 0 amide bonds. The summed E-state index contributed by atoms with van der Waals surface area (Å²) >= 11 is 6.78. The van der Waals surface area contributed by atoms with Crippen molar-refractivity contribution in [3.8, 4) is 44.5 Å². The highest BCUT2D eigenvalue weighted by atomic mass is 32.1. The third kappa shape index (κ3) is 4.30. The van der Waals surface area contributed by atoms with Gasteiger partial charge in [-0.1, -0.05) is 0 Å². The minimum atomic E-state index is 0.940. The number of H-pyrrole nitrogens is 2. The average molecular weight is 639 g/mol. The lowest BCUT2D eigenvalue weighted by Gasteiger charge is -2.04. The molecule has 0 aromatic carbocycles. The van der Waals surface area contributed by atoms with E-state index >= 15 is 0 Å². The van der Waals surface area contributed by atoms with Crippen LogP contribution >= 0.6 is 45.3 Å². The van der Waals surface area contributed by atoms with Gasteiger partial charge in [0.2, 0.25) is 0 Å². The SMILES string of the molecule is C1=Cc2nc1c(-c1ccsc1)c1ccc([nH]1)c(-c1ccsc1)c1nc(c(-c3ccsc3)c3ccc([nH]3)c2-c2ccsc2)C=C1. The van der Waals surface area contributed by atoms with Crippen molar-refractivity contribution < 1.29 is 0 Å². The van der Waals surface area contributed by atoms with E-state index in [-0.39, 0.29) is 0 Å². The molecule has 210 valence electrons. The second-order valence-corrected chi connectivity index (χ2v) is 13.7. The van der Waals surface area contributed by atoms with Crippen LogP contribution in [-0.2, 0) is 0 Å². The summed E-state index contributed by atoms with van der Waals surface area (Å²) in [5.74, 6) is 0. The number of thiophene rings is 4. The topological polar surface area (TPSA) is 57.4 Å². The maximum absolute atomic E-state index is 5.30. The molecule has 2 aliphatic heterocycles. The molecule has 9 heterocycles. The van der Waals surface area contributed by atoms with Crippen molar-refractivity contribution >= 4 is 91.7 Å². The lowest BCUT2D eigenvalue weighted by atomic mass is 10.1. The maximum Gasteiger partial charge on any atom is 0.0737 e. The molecule has 4 nitrogen and oxygen atoms in total. The first-order chi connectivity index (χ1) is 21.8. The van der Waals surface area contributed by atoms with Crippen molar-refractivity contribution in [2.24, 2.45) is 0 Å². The number of aromatic nitrogens is 4. The van der Waals surface area contributed by atoms with Gasteiger partial charge < -0.3 is 9.97 Å². The molecule has 0 fully saturated rings. The number of hydrogen-bond donors (Lipinski definition) is 2. The van der Waals surface area contributed by atoms with Crippen LogP contribution in [0.5, 0.6) is 0 Å². The third-order valence-corrected chi connectivity index (χ3v) is 10.7. The normalized spacial score (nSPS) is 12.4. The molecule has 7 aromatic rings. The Hall–Kier alpha value is -4.60. The smallest absolute Gasteiger partial charge is 0.0737 e. The number of fused-ring (bicyclic) bond motifs is 8. The zero-order chi connectivity index (χ0) is 29.0. The summed E-state index contributed by atoms with van der Waals surface area (Å²) in [5, 5.41) is 17.3. The van der Waals surface area contributed by atoms with Crippen LogP contribution in [0.4, 0.5) is 0 Å². The minimum Gasteiger partial charge on any atom is -0.354 e. The van der Waals surface area contributed by atoms with E-state index in [0.717, 1.165) is 89.4 Å². The number of nitrogens with one attached hydrogen (secondary N) is 2. The largest absolute Gasteiger partial charge is 0.354 e. The van der Waals surface area contributed by atoms with Crippen molar-refractivity contribution in [2.45, 2.75) is 0 Å². The van der Waals surface area contributed by atoms with Gasteiger partial charge in [0.25, 0.3) is 0 Å². The minimum absolute atomic E-state index is 0.940. The fraction of sp³-hybridized carbons (Fsp3) is 0. The Balaban J connectivity index is 1.49. The highest BCUT2D eigenvalue weighted by Crippen LogP contribution is 2.39. The molecule has 8 bridgehead atoms. The number of nitrogens with zero attached hydrogens (tertiary/aromatic N) is 2. The molecule has 44 heavy (non-hydrogen) atoms. The lowest BCUT2D eigenvalue weighted by Crippen LogP contribution is -1.88. The Morgan fingerprint density at radius 1 is 0.364 bits per heavy atom. The standard InChI is InChI=1S/C36H22N4S4/c1-2-26-34(22-10-14-42-18-22)28-5-6-30(39-28)36(24-12-16-44-20-24)32-8-7-31(40-32)35(23-11-15-43-19-23)29-4-3-27(38-29)33(25(1)37-26)21-9-13-41-17-21/h1-20,37,40H. The van der Waals surface area contributed by atoms with Crippen molar-refractivity contribution in [1.82, 2.24) is 19.9 Å². The molecular formula is C36H22N4S4. The highest BCUT2D eigenvalue weighted by molar-refractivity contribution is 7.09. The third-order valence-electron chi connectivity index (χ3n) is 7.99. The molecule has 0 spiro atoms. The molecule has 0 atom stereocenters.